The number of carbonyl (C=O) groups is 3. The van der Waals surface area contributed by atoms with Crippen molar-refractivity contribution in [1.29, 1.82) is 0 Å². The van der Waals surface area contributed by atoms with Crippen molar-refractivity contribution in [3.8, 4) is 23.0 Å². The number of fused-ring (bicyclic) bond motifs is 1. The van der Waals surface area contributed by atoms with E-state index in [9.17, 15) is 14.4 Å². The maximum atomic E-state index is 14.1. The lowest BCUT2D eigenvalue weighted by atomic mass is 9.90. The van der Waals surface area contributed by atoms with E-state index in [0.29, 0.717) is 44.3 Å². The highest BCUT2D eigenvalue weighted by Crippen LogP contribution is 2.49. The summed E-state index contributed by atoms with van der Waals surface area (Å²) >= 11 is 3.39. The van der Waals surface area contributed by atoms with Crippen LogP contribution >= 0.6 is 15.9 Å². The Kier molecular flexibility index (Phi) is 7.19. The average Bonchev–Trinajstić information content (AvgIpc) is 3.47. The Hall–Kier alpha value is -4.09. The van der Waals surface area contributed by atoms with Gasteiger partial charge in [-0.1, -0.05) is 34.1 Å². The monoisotopic (exact) mass is 595 g/mol. The van der Waals surface area contributed by atoms with Gasteiger partial charge in [0.05, 0.1) is 46.1 Å². The summed E-state index contributed by atoms with van der Waals surface area (Å²) in [5, 5.41) is 1.24. The second-order valence-corrected chi connectivity index (χ2v) is 9.79. The zero-order chi connectivity index (χ0) is 27.8. The second-order valence-electron chi connectivity index (χ2n) is 8.87. The summed E-state index contributed by atoms with van der Waals surface area (Å²) in [5.41, 5.74) is 4.31. The van der Waals surface area contributed by atoms with Gasteiger partial charge < -0.3 is 18.9 Å². The lowest BCUT2D eigenvalue weighted by molar-refractivity contribution is -0.123. The average molecular weight is 596 g/mol. The molecule has 2 fully saturated rings. The largest absolute Gasteiger partial charge is 0.495 e. The molecule has 39 heavy (non-hydrogen) atoms. The third-order valence-electron chi connectivity index (χ3n) is 6.92. The maximum absolute atomic E-state index is 14.1. The molecule has 2 saturated heterocycles. The topological polar surface area (TPSA) is 107 Å². The standard InChI is InChI=1S/C28H26BrN3O7/c1-36-19-11-6-5-10-18(19)31-27(34)21-22(17-12-13-20(37-2)25(39-4)24(17)38-3)30-32(23(21)28(31)35)26(33)15-8-7-9-16(29)14-15/h5-14,21-23,30H,1-4H3/t21-,22-,23-/m1/s1. The second kappa shape index (κ2) is 10.6. The molecule has 2 aliphatic rings. The van der Waals surface area contributed by atoms with Gasteiger partial charge in [0.25, 0.3) is 11.8 Å². The number of para-hydroxylation sites is 2. The van der Waals surface area contributed by atoms with Crippen LogP contribution in [0.5, 0.6) is 23.0 Å². The Morgan fingerprint density at radius 2 is 1.54 bits per heavy atom. The number of anilines is 1. The molecule has 2 heterocycles. The van der Waals surface area contributed by atoms with E-state index in [0.717, 1.165) is 4.90 Å². The molecule has 3 amide bonds. The normalized spacial score (nSPS) is 20.2. The molecule has 5 rings (SSSR count). The van der Waals surface area contributed by atoms with Crippen LogP contribution in [-0.2, 0) is 9.59 Å². The number of hydrazine groups is 1. The number of benzene rings is 3. The van der Waals surface area contributed by atoms with Crippen LogP contribution in [0.15, 0.2) is 65.1 Å². The van der Waals surface area contributed by atoms with E-state index >= 15 is 0 Å². The highest BCUT2D eigenvalue weighted by Gasteiger charge is 2.61. The van der Waals surface area contributed by atoms with Gasteiger partial charge in [-0.15, -0.1) is 0 Å². The molecule has 11 heteroatoms. The smallest absolute Gasteiger partial charge is 0.268 e. The van der Waals surface area contributed by atoms with Crippen molar-refractivity contribution in [3.05, 3.63) is 76.3 Å². The quantitative estimate of drug-likeness (QED) is 0.412. The van der Waals surface area contributed by atoms with E-state index in [1.807, 2.05) is 0 Å². The Labute approximate surface area is 233 Å². The van der Waals surface area contributed by atoms with E-state index in [-0.39, 0.29) is 0 Å². The number of rotatable bonds is 7. The Balaban J connectivity index is 1.66. The molecular weight excluding hydrogens is 570 g/mol. The van der Waals surface area contributed by atoms with Crippen LogP contribution in [-0.4, -0.2) is 57.2 Å². The Morgan fingerprint density at radius 1 is 0.821 bits per heavy atom. The van der Waals surface area contributed by atoms with Crippen molar-refractivity contribution >= 4 is 39.3 Å². The number of imide groups is 1. The molecule has 1 N–H and O–H groups in total. The summed E-state index contributed by atoms with van der Waals surface area (Å²) in [6.07, 6.45) is 0. The lowest BCUT2D eigenvalue weighted by Gasteiger charge is -2.26. The van der Waals surface area contributed by atoms with Crippen LogP contribution < -0.4 is 29.3 Å². The van der Waals surface area contributed by atoms with Crippen LogP contribution in [0.1, 0.15) is 22.0 Å². The third-order valence-corrected chi connectivity index (χ3v) is 7.41. The molecule has 0 spiro atoms. The van der Waals surface area contributed by atoms with Gasteiger partial charge in [-0.2, -0.15) is 0 Å². The fraction of sp³-hybridized carbons (Fsp3) is 0.250. The molecule has 0 aromatic heterocycles. The Bertz CT molecular complexity index is 1460. The van der Waals surface area contributed by atoms with Crippen molar-refractivity contribution in [2.45, 2.75) is 12.1 Å². The number of ether oxygens (including phenoxy) is 4. The van der Waals surface area contributed by atoms with Gasteiger partial charge in [-0.05, 0) is 42.5 Å². The molecule has 0 aliphatic carbocycles. The zero-order valence-electron chi connectivity index (χ0n) is 21.6. The van der Waals surface area contributed by atoms with Crippen LogP contribution in [0.25, 0.3) is 0 Å². The summed E-state index contributed by atoms with van der Waals surface area (Å²) in [5.74, 6) is -1.02. The molecule has 0 bridgehead atoms. The van der Waals surface area contributed by atoms with Crippen molar-refractivity contribution in [1.82, 2.24) is 10.4 Å². The van der Waals surface area contributed by atoms with Gasteiger partial charge in [0.15, 0.2) is 11.5 Å². The minimum absolute atomic E-state index is 0.303. The highest BCUT2D eigenvalue weighted by molar-refractivity contribution is 9.10. The summed E-state index contributed by atoms with van der Waals surface area (Å²) in [4.78, 5) is 42.9. The minimum Gasteiger partial charge on any atom is -0.495 e. The fourth-order valence-corrected chi connectivity index (χ4v) is 5.61. The molecule has 10 nitrogen and oxygen atoms in total. The lowest BCUT2D eigenvalue weighted by Crippen LogP contribution is -2.48. The first-order valence-corrected chi connectivity index (χ1v) is 12.8. The van der Waals surface area contributed by atoms with Gasteiger partial charge in [0, 0.05) is 15.6 Å². The maximum Gasteiger partial charge on any atom is 0.268 e. The summed E-state index contributed by atoms with van der Waals surface area (Å²) in [6, 6.07) is 15.1. The van der Waals surface area contributed by atoms with Gasteiger partial charge in [-0.25, -0.2) is 10.3 Å². The number of amides is 3. The number of hydrogen-bond donors (Lipinski definition) is 1. The van der Waals surface area contributed by atoms with Crippen molar-refractivity contribution in [3.63, 3.8) is 0 Å². The van der Waals surface area contributed by atoms with Crippen LogP contribution in [0.4, 0.5) is 5.69 Å². The van der Waals surface area contributed by atoms with Crippen molar-refractivity contribution in [2.75, 3.05) is 33.3 Å². The van der Waals surface area contributed by atoms with E-state index in [4.69, 9.17) is 18.9 Å². The molecule has 0 saturated carbocycles. The van der Waals surface area contributed by atoms with E-state index in [2.05, 4.69) is 21.4 Å². The van der Waals surface area contributed by atoms with Gasteiger partial charge in [0.1, 0.15) is 11.8 Å². The molecule has 0 unspecified atom stereocenters. The fourth-order valence-electron chi connectivity index (χ4n) is 5.21. The predicted octanol–water partition coefficient (Wildman–Crippen LogP) is 3.74. The number of methoxy groups -OCH3 is 4. The first-order valence-electron chi connectivity index (χ1n) is 12.0. The number of hydrogen-bond acceptors (Lipinski definition) is 8. The first-order chi connectivity index (χ1) is 18.9. The summed E-state index contributed by atoms with van der Waals surface area (Å²) < 4.78 is 22.8. The highest BCUT2D eigenvalue weighted by atomic mass is 79.9. The minimum atomic E-state index is -1.13. The SMILES string of the molecule is COc1ccccc1N1C(=O)[C@@H]2[C@@H](c3ccc(OC)c(OC)c3OC)NN(C(=O)c3cccc(Br)c3)[C@H]2C1=O. The van der Waals surface area contributed by atoms with Gasteiger partial charge >= 0.3 is 0 Å². The van der Waals surface area contributed by atoms with E-state index in [1.54, 1.807) is 60.7 Å². The third kappa shape index (κ3) is 4.27. The summed E-state index contributed by atoms with van der Waals surface area (Å²) in [6.45, 7) is 0. The first kappa shape index (κ1) is 26.5. The number of nitrogens with one attached hydrogen (secondary N) is 1. The molecule has 0 radical (unpaired) electrons. The van der Waals surface area contributed by atoms with E-state index < -0.39 is 35.7 Å². The van der Waals surface area contributed by atoms with Crippen molar-refractivity contribution in [2.24, 2.45) is 5.92 Å². The molecule has 2 aliphatic heterocycles. The van der Waals surface area contributed by atoms with E-state index in [1.165, 1.54) is 33.4 Å². The van der Waals surface area contributed by atoms with Gasteiger partial charge in [-0.3, -0.25) is 19.4 Å². The molecular formula is C28H26BrN3O7. The Morgan fingerprint density at radius 3 is 2.21 bits per heavy atom. The zero-order valence-corrected chi connectivity index (χ0v) is 23.2. The van der Waals surface area contributed by atoms with Crippen LogP contribution in [0.2, 0.25) is 0 Å². The molecule has 3 aromatic carbocycles. The van der Waals surface area contributed by atoms with Crippen LogP contribution in [0, 0.1) is 5.92 Å². The van der Waals surface area contributed by atoms with Gasteiger partial charge in [0.2, 0.25) is 11.7 Å². The predicted molar refractivity (Wildman–Crippen MR) is 145 cm³/mol. The van der Waals surface area contributed by atoms with Crippen LogP contribution in [0.3, 0.4) is 0 Å². The molecule has 202 valence electrons. The number of halogens is 1. The number of carbonyl (C=O) groups excluding carboxylic acids is 3. The number of nitrogens with zero attached hydrogens (tertiary/aromatic N) is 2. The summed E-state index contributed by atoms with van der Waals surface area (Å²) in [7, 11) is 5.92. The molecule has 3 aromatic rings. The van der Waals surface area contributed by atoms with Crippen molar-refractivity contribution < 1.29 is 33.3 Å². The molecule has 3 atom stereocenters.